The van der Waals surface area contributed by atoms with Gasteiger partial charge in [0.05, 0.1) is 0 Å². The number of rotatable bonds is 3. The van der Waals surface area contributed by atoms with Crippen molar-refractivity contribution >= 4 is 10.2 Å². The van der Waals surface area contributed by atoms with Crippen LogP contribution in [0.2, 0.25) is 0 Å². The maximum atomic E-state index is 12.7. The molecule has 0 bridgehead atoms. The molecule has 5 nitrogen and oxygen atoms in total. The molecule has 112 valence electrons. The molecule has 19 heavy (non-hydrogen) atoms. The average molecular weight is 289 g/mol. The van der Waals surface area contributed by atoms with Crippen LogP contribution in [0.4, 0.5) is 0 Å². The molecule has 2 heterocycles. The number of nitrogens with two attached hydrogens (primary N) is 1. The Morgan fingerprint density at radius 1 is 1.05 bits per heavy atom. The van der Waals surface area contributed by atoms with Crippen molar-refractivity contribution in [3.63, 3.8) is 0 Å². The molecular formula is C13H27N3O2S. The fourth-order valence-corrected chi connectivity index (χ4v) is 4.84. The van der Waals surface area contributed by atoms with E-state index in [4.69, 9.17) is 5.73 Å². The highest BCUT2D eigenvalue weighted by Gasteiger charge is 2.33. The van der Waals surface area contributed by atoms with Gasteiger partial charge in [-0.15, -0.1) is 0 Å². The summed E-state index contributed by atoms with van der Waals surface area (Å²) in [6.45, 7) is 5.41. The molecular weight excluding hydrogens is 262 g/mol. The number of nitrogens with zero attached hydrogens (tertiary/aromatic N) is 2. The molecule has 0 aromatic rings. The summed E-state index contributed by atoms with van der Waals surface area (Å²) in [5.41, 5.74) is 5.70. The highest BCUT2D eigenvalue weighted by atomic mass is 32.2. The summed E-state index contributed by atoms with van der Waals surface area (Å²) >= 11 is 0. The van der Waals surface area contributed by atoms with Crippen LogP contribution < -0.4 is 5.73 Å². The van der Waals surface area contributed by atoms with Gasteiger partial charge in [0.25, 0.3) is 10.2 Å². The van der Waals surface area contributed by atoms with Crippen LogP contribution >= 0.6 is 0 Å². The van der Waals surface area contributed by atoms with Gasteiger partial charge in [0.2, 0.25) is 0 Å². The van der Waals surface area contributed by atoms with Gasteiger partial charge >= 0.3 is 0 Å². The molecule has 2 rings (SSSR count). The van der Waals surface area contributed by atoms with Crippen molar-refractivity contribution in [1.29, 1.82) is 0 Å². The lowest BCUT2D eigenvalue weighted by Gasteiger charge is -2.34. The van der Waals surface area contributed by atoms with Crippen molar-refractivity contribution in [2.75, 3.05) is 32.7 Å². The second-order valence-electron chi connectivity index (χ2n) is 6.04. The van der Waals surface area contributed by atoms with Gasteiger partial charge in [0, 0.05) is 26.2 Å². The van der Waals surface area contributed by atoms with Crippen molar-refractivity contribution in [2.45, 2.75) is 39.0 Å². The van der Waals surface area contributed by atoms with Gasteiger partial charge in [-0.2, -0.15) is 17.0 Å². The SMILES string of the molecule is CC1CCCN(S(=O)(=O)N2CCCC(CN)C2)CC1. The van der Waals surface area contributed by atoms with E-state index in [0.29, 0.717) is 44.6 Å². The molecule has 0 aromatic carbocycles. The molecule has 2 fully saturated rings. The lowest BCUT2D eigenvalue weighted by Crippen LogP contribution is -2.49. The summed E-state index contributed by atoms with van der Waals surface area (Å²) in [4.78, 5) is 0. The van der Waals surface area contributed by atoms with Gasteiger partial charge in [-0.3, -0.25) is 0 Å². The van der Waals surface area contributed by atoms with E-state index in [1.165, 1.54) is 0 Å². The number of piperidine rings is 1. The lowest BCUT2D eigenvalue weighted by atomic mass is 10.0. The van der Waals surface area contributed by atoms with Crippen molar-refractivity contribution in [3.8, 4) is 0 Å². The molecule has 0 aromatic heterocycles. The van der Waals surface area contributed by atoms with E-state index in [1.54, 1.807) is 8.61 Å². The summed E-state index contributed by atoms with van der Waals surface area (Å²) < 4.78 is 28.7. The highest BCUT2D eigenvalue weighted by molar-refractivity contribution is 7.86. The van der Waals surface area contributed by atoms with Crippen molar-refractivity contribution in [1.82, 2.24) is 8.61 Å². The Morgan fingerprint density at radius 3 is 2.47 bits per heavy atom. The zero-order valence-electron chi connectivity index (χ0n) is 11.9. The fraction of sp³-hybridized carbons (Fsp3) is 1.00. The molecule has 2 aliphatic heterocycles. The second kappa shape index (κ2) is 6.52. The zero-order valence-corrected chi connectivity index (χ0v) is 12.7. The minimum atomic E-state index is -3.26. The van der Waals surface area contributed by atoms with E-state index < -0.39 is 10.2 Å². The Kier molecular flexibility index (Phi) is 5.22. The molecule has 2 unspecified atom stereocenters. The van der Waals surface area contributed by atoms with Crippen LogP contribution in [0.15, 0.2) is 0 Å². The lowest BCUT2D eigenvalue weighted by molar-refractivity contribution is 0.250. The third kappa shape index (κ3) is 3.68. The van der Waals surface area contributed by atoms with Crippen LogP contribution in [0.5, 0.6) is 0 Å². The standard InChI is InChI=1S/C13H27N3O2S/c1-12-4-2-7-15(9-6-12)19(17,18)16-8-3-5-13(10-14)11-16/h12-13H,2-11,14H2,1H3. The first-order valence-electron chi connectivity index (χ1n) is 7.49. The smallest absolute Gasteiger partial charge is 0.281 e. The minimum Gasteiger partial charge on any atom is -0.330 e. The molecule has 0 spiro atoms. The fourth-order valence-electron chi connectivity index (χ4n) is 3.06. The van der Waals surface area contributed by atoms with Crippen LogP contribution in [0.1, 0.15) is 39.0 Å². The normalized spacial score (nSPS) is 32.1. The Balaban J connectivity index is 2.04. The monoisotopic (exact) mass is 289 g/mol. The first kappa shape index (κ1) is 15.2. The maximum Gasteiger partial charge on any atom is 0.281 e. The Bertz CT molecular complexity index is 377. The van der Waals surface area contributed by atoms with E-state index in [0.717, 1.165) is 32.1 Å². The van der Waals surface area contributed by atoms with Crippen LogP contribution in [0, 0.1) is 11.8 Å². The highest BCUT2D eigenvalue weighted by Crippen LogP contribution is 2.24. The van der Waals surface area contributed by atoms with Gasteiger partial charge in [-0.25, -0.2) is 0 Å². The Hall–Kier alpha value is -0.170. The quantitative estimate of drug-likeness (QED) is 0.843. The molecule has 2 aliphatic rings. The summed E-state index contributed by atoms with van der Waals surface area (Å²) in [7, 11) is -3.26. The summed E-state index contributed by atoms with van der Waals surface area (Å²) in [5, 5.41) is 0. The van der Waals surface area contributed by atoms with Crippen LogP contribution in [-0.4, -0.2) is 49.8 Å². The molecule has 2 atom stereocenters. The van der Waals surface area contributed by atoms with Gasteiger partial charge < -0.3 is 5.73 Å². The van der Waals surface area contributed by atoms with Crippen LogP contribution in [0.3, 0.4) is 0 Å². The van der Waals surface area contributed by atoms with Crippen molar-refractivity contribution in [2.24, 2.45) is 17.6 Å². The van der Waals surface area contributed by atoms with E-state index in [-0.39, 0.29) is 0 Å². The van der Waals surface area contributed by atoms with E-state index in [9.17, 15) is 8.42 Å². The van der Waals surface area contributed by atoms with Crippen molar-refractivity contribution < 1.29 is 8.42 Å². The third-order valence-corrected chi connectivity index (χ3v) is 6.45. The second-order valence-corrected chi connectivity index (χ2v) is 7.97. The van der Waals surface area contributed by atoms with E-state index in [2.05, 4.69) is 6.92 Å². The predicted molar refractivity (Wildman–Crippen MR) is 76.9 cm³/mol. The molecule has 0 aliphatic carbocycles. The molecule has 6 heteroatoms. The zero-order chi connectivity index (χ0) is 13.9. The summed E-state index contributed by atoms with van der Waals surface area (Å²) in [5.74, 6) is 0.966. The predicted octanol–water partition coefficient (Wildman–Crippen LogP) is 1.02. The molecule has 0 saturated carbocycles. The molecule has 2 saturated heterocycles. The Labute approximate surface area is 117 Å². The number of hydrogen-bond acceptors (Lipinski definition) is 3. The van der Waals surface area contributed by atoms with Gasteiger partial charge in [-0.05, 0) is 50.5 Å². The molecule has 0 amide bonds. The van der Waals surface area contributed by atoms with E-state index in [1.807, 2.05) is 0 Å². The largest absolute Gasteiger partial charge is 0.330 e. The van der Waals surface area contributed by atoms with Gasteiger partial charge in [0.15, 0.2) is 0 Å². The van der Waals surface area contributed by atoms with E-state index >= 15 is 0 Å². The summed E-state index contributed by atoms with van der Waals surface area (Å²) in [6, 6.07) is 0. The van der Waals surface area contributed by atoms with Crippen LogP contribution in [0.25, 0.3) is 0 Å². The first-order chi connectivity index (χ1) is 9.04. The topological polar surface area (TPSA) is 66.6 Å². The van der Waals surface area contributed by atoms with Crippen molar-refractivity contribution in [3.05, 3.63) is 0 Å². The Morgan fingerprint density at radius 2 is 1.74 bits per heavy atom. The first-order valence-corrected chi connectivity index (χ1v) is 8.89. The van der Waals surface area contributed by atoms with Gasteiger partial charge in [0.1, 0.15) is 0 Å². The van der Waals surface area contributed by atoms with Crippen LogP contribution in [-0.2, 0) is 10.2 Å². The minimum absolute atomic E-state index is 0.328. The third-order valence-electron chi connectivity index (χ3n) is 4.44. The maximum absolute atomic E-state index is 12.7. The molecule has 2 N–H and O–H groups in total. The molecule has 0 radical (unpaired) electrons. The number of hydrogen-bond donors (Lipinski definition) is 1. The summed E-state index contributed by atoms with van der Waals surface area (Å²) in [6.07, 6.45) is 5.09. The average Bonchev–Trinajstić information content (AvgIpc) is 2.64. The van der Waals surface area contributed by atoms with Gasteiger partial charge in [-0.1, -0.05) is 6.92 Å².